The SMILES string of the molecule is c1ccc2c(c1)Cc1cc3c(cc1-2)c1ccncc1n1ccnc31. The molecule has 6 rings (SSSR count). The second-order valence-corrected chi connectivity index (χ2v) is 6.40. The molecule has 112 valence electrons. The monoisotopic (exact) mass is 307 g/mol. The lowest BCUT2D eigenvalue weighted by atomic mass is 9.99. The predicted molar refractivity (Wildman–Crippen MR) is 96.2 cm³/mol. The highest BCUT2D eigenvalue weighted by Gasteiger charge is 2.20. The van der Waals surface area contributed by atoms with Gasteiger partial charge in [-0.25, -0.2) is 4.98 Å². The molecule has 24 heavy (non-hydrogen) atoms. The lowest BCUT2D eigenvalue weighted by Gasteiger charge is -2.10. The Labute approximate surface area is 138 Å². The third kappa shape index (κ3) is 1.42. The molecule has 5 aromatic rings. The molecule has 0 radical (unpaired) electrons. The van der Waals surface area contributed by atoms with Crippen LogP contribution in [0.2, 0.25) is 0 Å². The highest BCUT2D eigenvalue weighted by Crippen LogP contribution is 2.41. The summed E-state index contributed by atoms with van der Waals surface area (Å²) in [5.74, 6) is 0. The van der Waals surface area contributed by atoms with Crippen molar-refractivity contribution in [3.63, 3.8) is 0 Å². The summed E-state index contributed by atoms with van der Waals surface area (Å²) in [6.07, 6.45) is 8.67. The van der Waals surface area contributed by atoms with E-state index in [0.29, 0.717) is 0 Å². The van der Waals surface area contributed by atoms with Crippen molar-refractivity contribution in [2.45, 2.75) is 6.42 Å². The normalized spacial score (nSPS) is 12.8. The number of fused-ring (bicyclic) bond motifs is 9. The molecule has 0 N–H and O–H groups in total. The highest BCUT2D eigenvalue weighted by molar-refractivity contribution is 6.13. The van der Waals surface area contributed by atoms with Crippen molar-refractivity contribution in [3.05, 3.63) is 78.4 Å². The molecule has 1 aliphatic rings. The van der Waals surface area contributed by atoms with Crippen LogP contribution in [0.1, 0.15) is 11.1 Å². The zero-order valence-electron chi connectivity index (χ0n) is 12.9. The third-order valence-electron chi connectivity index (χ3n) is 5.16. The number of benzene rings is 2. The van der Waals surface area contributed by atoms with Gasteiger partial charge < -0.3 is 0 Å². The number of imidazole rings is 1. The summed E-state index contributed by atoms with van der Waals surface area (Å²) >= 11 is 0. The molecular weight excluding hydrogens is 294 g/mol. The van der Waals surface area contributed by atoms with Gasteiger partial charge in [-0.2, -0.15) is 0 Å². The second kappa shape index (κ2) is 4.20. The smallest absolute Gasteiger partial charge is 0.145 e. The molecule has 0 atom stereocenters. The molecule has 1 aliphatic carbocycles. The summed E-state index contributed by atoms with van der Waals surface area (Å²) in [6.45, 7) is 0. The Morgan fingerprint density at radius 1 is 0.833 bits per heavy atom. The third-order valence-corrected chi connectivity index (χ3v) is 5.16. The van der Waals surface area contributed by atoms with Gasteiger partial charge in [0.15, 0.2) is 0 Å². The van der Waals surface area contributed by atoms with Crippen LogP contribution in [0.15, 0.2) is 67.3 Å². The largest absolute Gasteiger partial charge is 0.298 e. The minimum atomic E-state index is 1.00. The van der Waals surface area contributed by atoms with E-state index < -0.39 is 0 Å². The number of nitrogens with zero attached hydrogens (tertiary/aromatic N) is 3. The molecule has 2 aromatic carbocycles. The maximum atomic E-state index is 4.61. The van der Waals surface area contributed by atoms with Crippen molar-refractivity contribution in [2.24, 2.45) is 0 Å². The van der Waals surface area contributed by atoms with Crippen LogP contribution >= 0.6 is 0 Å². The minimum Gasteiger partial charge on any atom is -0.298 e. The molecule has 3 heterocycles. The fraction of sp³-hybridized carbons (Fsp3) is 0.0476. The Balaban J connectivity index is 1.85. The van der Waals surface area contributed by atoms with Crippen LogP contribution in [-0.2, 0) is 6.42 Å². The van der Waals surface area contributed by atoms with Gasteiger partial charge >= 0.3 is 0 Å². The van der Waals surface area contributed by atoms with Gasteiger partial charge in [-0.15, -0.1) is 0 Å². The minimum absolute atomic E-state index is 1.00. The van der Waals surface area contributed by atoms with Gasteiger partial charge in [-0.1, -0.05) is 24.3 Å². The number of hydrogen-bond acceptors (Lipinski definition) is 2. The van der Waals surface area contributed by atoms with Crippen LogP contribution in [-0.4, -0.2) is 14.4 Å². The molecule has 3 nitrogen and oxygen atoms in total. The van der Waals surface area contributed by atoms with Crippen molar-refractivity contribution in [1.29, 1.82) is 0 Å². The lowest BCUT2D eigenvalue weighted by Crippen LogP contribution is -1.92. The molecule has 0 unspecified atom stereocenters. The van der Waals surface area contributed by atoms with Gasteiger partial charge in [-0.05, 0) is 52.3 Å². The average Bonchev–Trinajstić information content (AvgIpc) is 3.25. The first-order valence-electron chi connectivity index (χ1n) is 8.14. The van der Waals surface area contributed by atoms with Gasteiger partial charge in [0.25, 0.3) is 0 Å². The van der Waals surface area contributed by atoms with E-state index in [0.717, 1.165) is 17.6 Å². The highest BCUT2D eigenvalue weighted by atomic mass is 15.0. The standard InChI is InChI=1S/C21H13N3/c1-2-4-15-13(3-1)9-14-10-19-18(11-17(14)15)16-5-6-22-12-20(16)24-8-7-23-21(19)24/h1-8,10-12H,9H2. The molecule has 0 fully saturated rings. The molecule has 0 saturated carbocycles. The van der Waals surface area contributed by atoms with E-state index in [4.69, 9.17) is 0 Å². The zero-order chi connectivity index (χ0) is 15.7. The zero-order valence-corrected chi connectivity index (χ0v) is 12.9. The topological polar surface area (TPSA) is 30.2 Å². The molecule has 0 saturated heterocycles. The van der Waals surface area contributed by atoms with Crippen LogP contribution in [0.3, 0.4) is 0 Å². The van der Waals surface area contributed by atoms with Crippen molar-refractivity contribution in [1.82, 2.24) is 14.4 Å². The summed E-state index contributed by atoms with van der Waals surface area (Å²) in [6, 6.07) is 15.5. The molecule has 0 aliphatic heterocycles. The maximum absolute atomic E-state index is 4.61. The summed E-state index contributed by atoms with van der Waals surface area (Å²) < 4.78 is 2.14. The van der Waals surface area contributed by atoms with Crippen molar-refractivity contribution < 1.29 is 0 Å². The quantitative estimate of drug-likeness (QED) is 0.384. The van der Waals surface area contributed by atoms with Crippen LogP contribution in [0, 0.1) is 0 Å². The van der Waals surface area contributed by atoms with Crippen LogP contribution in [0.5, 0.6) is 0 Å². The molecule has 0 bridgehead atoms. The number of rotatable bonds is 0. The number of hydrogen-bond donors (Lipinski definition) is 0. The first-order chi connectivity index (χ1) is 11.9. The van der Waals surface area contributed by atoms with Crippen molar-refractivity contribution in [3.8, 4) is 11.1 Å². The van der Waals surface area contributed by atoms with Crippen molar-refractivity contribution in [2.75, 3.05) is 0 Å². The van der Waals surface area contributed by atoms with Gasteiger partial charge in [0.1, 0.15) is 5.65 Å². The molecule has 3 heteroatoms. The van der Waals surface area contributed by atoms with Gasteiger partial charge in [0, 0.05) is 29.4 Å². The van der Waals surface area contributed by atoms with E-state index in [9.17, 15) is 0 Å². The number of pyridine rings is 2. The van der Waals surface area contributed by atoms with Crippen LogP contribution < -0.4 is 0 Å². The Bertz CT molecular complexity index is 1280. The summed E-state index contributed by atoms with van der Waals surface area (Å²) in [5.41, 5.74) is 7.62. The second-order valence-electron chi connectivity index (χ2n) is 6.40. The van der Waals surface area contributed by atoms with E-state index >= 15 is 0 Å². The van der Waals surface area contributed by atoms with Crippen molar-refractivity contribution >= 4 is 27.3 Å². The molecule has 3 aromatic heterocycles. The fourth-order valence-electron chi connectivity index (χ4n) is 4.09. The van der Waals surface area contributed by atoms with E-state index in [1.165, 1.54) is 38.4 Å². The van der Waals surface area contributed by atoms with Crippen LogP contribution in [0.25, 0.3) is 38.4 Å². The summed E-state index contributed by atoms with van der Waals surface area (Å²) in [7, 11) is 0. The Morgan fingerprint density at radius 2 is 1.79 bits per heavy atom. The van der Waals surface area contributed by atoms with E-state index in [2.05, 4.69) is 56.8 Å². The van der Waals surface area contributed by atoms with Crippen LogP contribution in [0.4, 0.5) is 0 Å². The first kappa shape index (κ1) is 12.3. The Morgan fingerprint density at radius 3 is 2.79 bits per heavy atom. The Hall–Kier alpha value is -3.20. The average molecular weight is 307 g/mol. The number of aromatic nitrogens is 3. The molecular formula is C21H13N3. The molecule has 0 spiro atoms. The lowest BCUT2D eigenvalue weighted by molar-refractivity contribution is 1.23. The molecule has 0 amide bonds. The summed E-state index contributed by atoms with van der Waals surface area (Å²) in [4.78, 5) is 8.92. The summed E-state index contributed by atoms with van der Waals surface area (Å²) in [5, 5.41) is 3.68. The fourth-order valence-corrected chi connectivity index (χ4v) is 4.09. The van der Waals surface area contributed by atoms with Gasteiger partial charge in [0.2, 0.25) is 0 Å². The van der Waals surface area contributed by atoms with Gasteiger partial charge in [0.05, 0.1) is 11.7 Å². The Kier molecular flexibility index (Phi) is 2.15. The van der Waals surface area contributed by atoms with E-state index in [1.54, 1.807) is 0 Å². The first-order valence-corrected chi connectivity index (χ1v) is 8.14. The van der Waals surface area contributed by atoms with E-state index in [1.807, 2.05) is 24.8 Å². The maximum Gasteiger partial charge on any atom is 0.145 e. The predicted octanol–water partition coefficient (Wildman–Crippen LogP) is 4.61. The van der Waals surface area contributed by atoms with E-state index in [-0.39, 0.29) is 0 Å². The van der Waals surface area contributed by atoms with Gasteiger partial charge in [-0.3, -0.25) is 9.38 Å².